The summed E-state index contributed by atoms with van der Waals surface area (Å²) < 4.78 is 7.23. The van der Waals surface area contributed by atoms with Gasteiger partial charge in [-0.05, 0) is 31.7 Å². The molecular weight excluding hydrogens is 342 g/mol. The van der Waals surface area contributed by atoms with Gasteiger partial charge in [-0.3, -0.25) is 19.3 Å². The minimum atomic E-state index is -0.492. The molecule has 0 unspecified atom stereocenters. The van der Waals surface area contributed by atoms with Crippen LogP contribution in [-0.4, -0.2) is 14.3 Å². The van der Waals surface area contributed by atoms with Crippen molar-refractivity contribution in [2.75, 3.05) is 0 Å². The molecule has 0 saturated heterocycles. The first-order valence-corrected chi connectivity index (χ1v) is 8.84. The van der Waals surface area contributed by atoms with E-state index in [-0.39, 0.29) is 23.6 Å². The van der Waals surface area contributed by atoms with Crippen LogP contribution < -0.4 is 10.3 Å². The topological polar surface area (TPSA) is 86.7 Å². The van der Waals surface area contributed by atoms with E-state index in [1.807, 2.05) is 0 Å². The lowest BCUT2D eigenvalue weighted by atomic mass is 10.0. The van der Waals surface area contributed by atoms with Gasteiger partial charge in [-0.1, -0.05) is 12.1 Å². The van der Waals surface area contributed by atoms with E-state index in [1.54, 1.807) is 27.9 Å². The number of fused-ring (bicyclic) bond motifs is 3. The van der Waals surface area contributed by atoms with E-state index in [0.717, 1.165) is 31.4 Å². The highest BCUT2D eigenvalue weighted by molar-refractivity contribution is 7.17. The van der Waals surface area contributed by atoms with Crippen LogP contribution in [0.4, 0.5) is 5.69 Å². The SMILES string of the molecule is O=c1cc(COc2ccccc2[N+](=O)[O-])nc2sc3c(n12)CCCC3. The highest BCUT2D eigenvalue weighted by Gasteiger charge is 2.19. The number of hydrogen-bond donors (Lipinski definition) is 0. The average Bonchev–Trinajstić information content (AvgIpc) is 2.99. The average molecular weight is 357 g/mol. The first kappa shape index (κ1) is 15.8. The van der Waals surface area contributed by atoms with Gasteiger partial charge < -0.3 is 4.74 Å². The fourth-order valence-corrected chi connectivity index (χ4v) is 4.33. The molecule has 1 aliphatic rings. The predicted octanol–water partition coefficient (Wildman–Crippen LogP) is 3.12. The van der Waals surface area contributed by atoms with Gasteiger partial charge in [-0.15, -0.1) is 11.3 Å². The number of thiazole rings is 1. The van der Waals surface area contributed by atoms with Crippen molar-refractivity contribution in [2.45, 2.75) is 32.3 Å². The van der Waals surface area contributed by atoms with Crippen LogP contribution >= 0.6 is 11.3 Å². The van der Waals surface area contributed by atoms with E-state index < -0.39 is 4.92 Å². The molecule has 8 heteroatoms. The molecule has 4 rings (SSSR count). The minimum Gasteiger partial charge on any atom is -0.480 e. The van der Waals surface area contributed by atoms with E-state index in [9.17, 15) is 14.9 Å². The maximum Gasteiger partial charge on any atom is 0.310 e. The molecule has 0 amide bonds. The zero-order chi connectivity index (χ0) is 17.4. The zero-order valence-electron chi connectivity index (χ0n) is 13.3. The Bertz CT molecular complexity index is 1020. The number of nitro benzene ring substituents is 1. The highest BCUT2D eigenvalue weighted by atomic mass is 32.1. The number of hydrogen-bond acceptors (Lipinski definition) is 6. The number of benzene rings is 1. The number of rotatable bonds is 4. The van der Waals surface area contributed by atoms with E-state index in [2.05, 4.69) is 4.98 Å². The molecule has 0 N–H and O–H groups in total. The molecule has 128 valence electrons. The van der Waals surface area contributed by atoms with Crippen molar-refractivity contribution in [1.29, 1.82) is 0 Å². The van der Waals surface area contributed by atoms with Crippen molar-refractivity contribution in [2.24, 2.45) is 0 Å². The molecular formula is C17H15N3O4S. The van der Waals surface area contributed by atoms with Crippen LogP contribution in [-0.2, 0) is 19.4 Å². The summed E-state index contributed by atoms with van der Waals surface area (Å²) in [6, 6.07) is 7.61. The third-order valence-corrected chi connectivity index (χ3v) is 5.39. The van der Waals surface area contributed by atoms with Crippen molar-refractivity contribution < 1.29 is 9.66 Å². The second-order valence-corrected chi connectivity index (χ2v) is 6.96. The molecule has 0 saturated carbocycles. The summed E-state index contributed by atoms with van der Waals surface area (Å²) in [5, 5.41) is 11.0. The molecule has 1 aromatic carbocycles. The Labute approximate surface area is 146 Å². The molecule has 2 heterocycles. The third kappa shape index (κ3) is 2.89. The van der Waals surface area contributed by atoms with Gasteiger partial charge in [0.25, 0.3) is 5.56 Å². The van der Waals surface area contributed by atoms with Crippen molar-refractivity contribution >= 4 is 22.0 Å². The van der Waals surface area contributed by atoms with Crippen LogP contribution in [0, 0.1) is 10.1 Å². The van der Waals surface area contributed by atoms with E-state index in [0.29, 0.717) is 10.7 Å². The summed E-state index contributed by atoms with van der Waals surface area (Å²) >= 11 is 1.55. The molecule has 7 nitrogen and oxygen atoms in total. The van der Waals surface area contributed by atoms with Crippen molar-refractivity contribution in [3.05, 3.63) is 67.1 Å². The molecule has 0 atom stereocenters. The Morgan fingerprint density at radius 1 is 1.28 bits per heavy atom. The van der Waals surface area contributed by atoms with Gasteiger partial charge in [-0.2, -0.15) is 0 Å². The first-order valence-electron chi connectivity index (χ1n) is 8.03. The van der Waals surface area contributed by atoms with Gasteiger partial charge in [0.05, 0.1) is 10.6 Å². The number of para-hydroxylation sites is 2. The largest absolute Gasteiger partial charge is 0.480 e. The molecule has 25 heavy (non-hydrogen) atoms. The number of nitro groups is 1. The van der Waals surface area contributed by atoms with Gasteiger partial charge in [0.2, 0.25) is 0 Å². The number of aromatic nitrogens is 2. The summed E-state index contributed by atoms with van der Waals surface area (Å²) in [5.41, 5.74) is 1.33. The van der Waals surface area contributed by atoms with E-state index >= 15 is 0 Å². The smallest absolute Gasteiger partial charge is 0.310 e. The Kier molecular flexibility index (Phi) is 3.96. The summed E-state index contributed by atoms with van der Waals surface area (Å²) in [7, 11) is 0. The Hall–Kier alpha value is -2.74. The Balaban J connectivity index is 1.65. The standard InChI is InChI=1S/C17H15N3O4S/c21-16-9-11(10-24-14-7-3-1-5-12(14)20(22)23)18-17-19(16)13-6-2-4-8-15(13)25-17/h1,3,5,7,9H,2,4,6,8,10H2. The summed E-state index contributed by atoms with van der Waals surface area (Å²) in [4.78, 5) is 29.4. The lowest BCUT2D eigenvalue weighted by molar-refractivity contribution is -0.385. The fraction of sp³-hybridized carbons (Fsp3) is 0.294. The van der Waals surface area contributed by atoms with Crippen LogP contribution in [0.25, 0.3) is 4.96 Å². The van der Waals surface area contributed by atoms with Gasteiger partial charge in [0.15, 0.2) is 10.7 Å². The van der Waals surface area contributed by atoms with E-state index in [4.69, 9.17) is 4.74 Å². The maximum absolute atomic E-state index is 12.5. The van der Waals surface area contributed by atoms with Crippen molar-refractivity contribution in [1.82, 2.24) is 9.38 Å². The minimum absolute atomic E-state index is 0.0131. The number of nitrogens with zero attached hydrogens (tertiary/aromatic N) is 3. The highest BCUT2D eigenvalue weighted by Crippen LogP contribution is 2.29. The second kappa shape index (κ2) is 6.29. The van der Waals surface area contributed by atoms with Gasteiger partial charge in [0.1, 0.15) is 6.61 Å². The van der Waals surface area contributed by atoms with Gasteiger partial charge >= 0.3 is 5.69 Å². The first-order chi connectivity index (χ1) is 12.1. The summed E-state index contributed by atoms with van der Waals surface area (Å²) in [6.45, 7) is 0.0131. The molecule has 0 radical (unpaired) electrons. The summed E-state index contributed by atoms with van der Waals surface area (Å²) in [5.74, 6) is 0.167. The van der Waals surface area contributed by atoms with Crippen molar-refractivity contribution in [3.8, 4) is 5.75 Å². The molecule has 3 aromatic rings. The lowest BCUT2D eigenvalue weighted by Crippen LogP contribution is -2.18. The Morgan fingerprint density at radius 2 is 2.08 bits per heavy atom. The molecule has 0 spiro atoms. The summed E-state index contributed by atoms with van der Waals surface area (Å²) in [6.07, 6.45) is 4.13. The number of ether oxygens (including phenoxy) is 1. The van der Waals surface area contributed by atoms with Crippen LogP contribution in [0.3, 0.4) is 0 Å². The molecule has 0 bridgehead atoms. The van der Waals surface area contributed by atoms with Gasteiger partial charge in [0, 0.05) is 22.7 Å². The van der Waals surface area contributed by atoms with Gasteiger partial charge in [-0.25, -0.2) is 4.98 Å². The fourth-order valence-electron chi connectivity index (χ4n) is 3.10. The molecule has 0 aliphatic heterocycles. The molecule has 2 aromatic heterocycles. The van der Waals surface area contributed by atoms with Crippen LogP contribution in [0.5, 0.6) is 5.75 Å². The van der Waals surface area contributed by atoms with Crippen LogP contribution in [0.1, 0.15) is 29.1 Å². The Morgan fingerprint density at radius 3 is 2.92 bits per heavy atom. The van der Waals surface area contributed by atoms with E-state index in [1.165, 1.54) is 23.1 Å². The lowest BCUT2D eigenvalue weighted by Gasteiger charge is -2.10. The normalized spacial score (nSPS) is 13.6. The van der Waals surface area contributed by atoms with Crippen molar-refractivity contribution in [3.63, 3.8) is 0 Å². The van der Waals surface area contributed by atoms with Crippen LogP contribution in [0.15, 0.2) is 35.1 Å². The van der Waals surface area contributed by atoms with Crippen LogP contribution in [0.2, 0.25) is 0 Å². The third-order valence-electron chi connectivity index (χ3n) is 4.25. The predicted molar refractivity (Wildman–Crippen MR) is 93.4 cm³/mol. The number of aryl methyl sites for hydroxylation is 2. The maximum atomic E-state index is 12.5. The second-order valence-electron chi connectivity index (χ2n) is 5.90. The molecule has 0 fully saturated rings. The quantitative estimate of drug-likeness (QED) is 0.529. The monoisotopic (exact) mass is 357 g/mol. The molecule has 1 aliphatic carbocycles. The zero-order valence-corrected chi connectivity index (χ0v) is 14.1.